The Morgan fingerprint density at radius 3 is 2.23 bits per heavy atom. The van der Waals surface area contributed by atoms with Crippen molar-refractivity contribution in [2.75, 3.05) is 0 Å². The predicted octanol–water partition coefficient (Wildman–Crippen LogP) is 1.51. The van der Waals surface area contributed by atoms with Gasteiger partial charge in [-0.2, -0.15) is 0 Å². The molecule has 0 unspecified atom stereocenters. The van der Waals surface area contributed by atoms with Crippen molar-refractivity contribution in [1.29, 1.82) is 0 Å². The Balaban J connectivity index is 3.05. The normalized spacial score (nSPS) is 19.3. The van der Waals surface area contributed by atoms with E-state index in [1.54, 1.807) is 0 Å². The number of allylic oxidation sites excluding steroid dienone is 2. The van der Waals surface area contributed by atoms with E-state index in [2.05, 4.69) is 0 Å². The van der Waals surface area contributed by atoms with Gasteiger partial charge in [-0.25, -0.2) is 0 Å². The average molecular weight is 296 g/mol. The van der Waals surface area contributed by atoms with Crippen LogP contribution in [0, 0.1) is 20.2 Å². The number of nitro groups is 2. The molecule has 0 atom stereocenters. The van der Waals surface area contributed by atoms with Gasteiger partial charge in [-0.1, -0.05) is 6.08 Å². The fourth-order valence-corrected chi connectivity index (χ4v) is 1.33. The van der Waals surface area contributed by atoms with Crippen molar-refractivity contribution in [3.05, 3.63) is 42.0 Å². The highest BCUT2D eigenvalue weighted by Crippen LogP contribution is 2.27. The molecule has 1 aliphatic rings. The molecule has 0 N–H and O–H groups in total. The summed E-state index contributed by atoms with van der Waals surface area (Å²) in [6.07, 6.45) is 3.69. The van der Waals surface area contributed by atoms with Gasteiger partial charge >= 0.3 is 5.66 Å². The molecule has 0 aliphatic heterocycles. The quantitative estimate of drug-likeness (QED) is 0.334. The molecule has 6 nitrogen and oxygen atoms in total. The minimum Gasteiger partial charge on any atom is -0.258 e. The largest absolute Gasteiger partial charge is 0.481 e. The fraction of sp³-hybridized carbons (Fsp3) is 0.333. The molecule has 0 aromatic heterocycles. The first-order valence-corrected chi connectivity index (χ1v) is 4.41. The molecule has 0 aromatic carbocycles. The number of halogens is 1. The van der Waals surface area contributed by atoms with Crippen LogP contribution >= 0.6 is 22.6 Å². The second-order valence-corrected chi connectivity index (χ2v) is 3.76. The molecule has 0 saturated heterocycles. The van der Waals surface area contributed by atoms with Crippen molar-refractivity contribution in [2.45, 2.75) is 12.1 Å². The van der Waals surface area contributed by atoms with Crippen LogP contribution in [0.2, 0.25) is 0 Å². The summed E-state index contributed by atoms with van der Waals surface area (Å²) in [5.74, 6) is 0. The zero-order valence-corrected chi connectivity index (χ0v) is 8.50. The second kappa shape index (κ2) is 3.40. The minimum atomic E-state index is -2.16. The zero-order valence-electron chi connectivity index (χ0n) is 6.34. The van der Waals surface area contributed by atoms with Gasteiger partial charge in [0.2, 0.25) is 0 Å². The van der Waals surface area contributed by atoms with E-state index >= 15 is 0 Å². The van der Waals surface area contributed by atoms with Gasteiger partial charge in [-0.3, -0.25) is 20.2 Å². The van der Waals surface area contributed by atoms with Gasteiger partial charge in [-0.15, -0.1) is 0 Å². The molecule has 0 saturated carbocycles. The van der Waals surface area contributed by atoms with Crippen LogP contribution in [0.3, 0.4) is 0 Å². The van der Waals surface area contributed by atoms with Gasteiger partial charge < -0.3 is 0 Å². The monoisotopic (exact) mass is 296 g/mol. The van der Waals surface area contributed by atoms with Crippen LogP contribution in [0.5, 0.6) is 0 Å². The highest BCUT2D eigenvalue weighted by atomic mass is 127. The van der Waals surface area contributed by atoms with Crippen molar-refractivity contribution in [2.24, 2.45) is 0 Å². The Labute approximate surface area is 86.7 Å². The van der Waals surface area contributed by atoms with E-state index in [-0.39, 0.29) is 6.42 Å². The summed E-state index contributed by atoms with van der Waals surface area (Å²) >= 11 is 1.95. The number of hydrogen-bond acceptors (Lipinski definition) is 4. The molecular formula is C6H5IN2O4. The molecular weight excluding hydrogens is 291 g/mol. The first-order chi connectivity index (χ1) is 5.99. The lowest BCUT2D eigenvalue weighted by Gasteiger charge is -2.14. The van der Waals surface area contributed by atoms with Crippen molar-refractivity contribution in [3.8, 4) is 0 Å². The Hall–Kier alpha value is -0.990. The van der Waals surface area contributed by atoms with E-state index in [9.17, 15) is 20.2 Å². The van der Waals surface area contributed by atoms with E-state index in [1.807, 2.05) is 22.6 Å². The topological polar surface area (TPSA) is 86.3 Å². The first-order valence-electron chi connectivity index (χ1n) is 3.33. The Morgan fingerprint density at radius 2 is 1.92 bits per heavy atom. The fourth-order valence-electron chi connectivity index (χ4n) is 0.934. The standard InChI is InChI=1S/C6H5IN2O4/c7-5-1-3-6(4-2-5,8(10)11)9(12)13/h1-3H,4H2. The molecule has 13 heavy (non-hydrogen) atoms. The Kier molecular flexibility index (Phi) is 2.64. The van der Waals surface area contributed by atoms with E-state index in [0.29, 0.717) is 0 Å². The lowest BCUT2D eigenvalue weighted by molar-refractivity contribution is -0.780. The molecule has 0 amide bonds. The maximum Gasteiger partial charge on any atom is 0.481 e. The van der Waals surface area contributed by atoms with Crippen LogP contribution in [-0.2, 0) is 0 Å². The van der Waals surface area contributed by atoms with E-state index in [0.717, 1.165) is 9.66 Å². The van der Waals surface area contributed by atoms with Gasteiger partial charge in [0.1, 0.15) is 16.3 Å². The molecule has 0 spiro atoms. The van der Waals surface area contributed by atoms with Gasteiger partial charge in [0, 0.05) is 3.58 Å². The average Bonchev–Trinajstić information content (AvgIpc) is 2.04. The number of hydrogen-bond donors (Lipinski definition) is 0. The third kappa shape index (κ3) is 1.69. The van der Waals surface area contributed by atoms with Gasteiger partial charge in [0.15, 0.2) is 0 Å². The van der Waals surface area contributed by atoms with Crippen molar-refractivity contribution < 1.29 is 9.85 Å². The summed E-state index contributed by atoms with van der Waals surface area (Å²) in [4.78, 5) is 19.3. The number of rotatable bonds is 2. The third-order valence-electron chi connectivity index (χ3n) is 1.74. The summed E-state index contributed by atoms with van der Waals surface area (Å²) in [6, 6.07) is 0. The lowest BCUT2D eigenvalue weighted by Crippen LogP contribution is -2.44. The Morgan fingerprint density at radius 1 is 1.38 bits per heavy atom. The third-order valence-corrected chi connectivity index (χ3v) is 2.54. The molecule has 0 fully saturated rings. The molecule has 1 rings (SSSR count). The molecule has 0 heterocycles. The van der Waals surface area contributed by atoms with Crippen molar-refractivity contribution >= 4 is 22.6 Å². The maximum atomic E-state index is 10.5. The summed E-state index contributed by atoms with van der Waals surface area (Å²) in [5.41, 5.74) is -2.16. The van der Waals surface area contributed by atoms with Crippen LogP contribution < -0.4 is 0 Å². The van der Waals surface area contributed by atoms with Crippen LogP contribution in [0.25, 0.3) is 0 Å². The SMILES string of the molecule is O=[N+]([O-])C1([N+](=O)[O-])C=CC(I)=CC1. The summed E-state index contributed by atoms with van der Waals surface area (Å²) in [5, 5.41) is 21.0. The Bertz CT molecular complexity index is 309. The highest BCUT2D eigenvalue weighted by molar-refractivity contribution is 14.1. The van der Waals surface area contributed by atoms with Crippen molar-refractivity contribution in [1.82, 2.24) is 0 Å². The second-order valence-electron chi connectivity index (χ2n) is 2.52. The summed E-state index contributed by atoms with van der Waals surface area (Å²) in [6.45, 7) is 0. The smallest absolute Gasteiger partial charge is 0.258 e. The van der Waals surface area contributed by atoms with Crippen LogP contribution in [0.4, 0.5) is 0 Å². The van der Waals surface area contributed by atoms with Crippen LogP contribution in [-0.4, -0.2) is 15.5 Å². The molecule has 0 bridgehead atoms. The maximum absolute atomic E-state index is 10.5. The lowest BCUT2D eigenvalue weighted by atomic mass is 10.0. The summed E-state index contributed by atoms with van der Waals surface area (Å²) < 4.78 is 0.775. The van der Waals surface area contributed by atoms with Gasteiger partial charge in [-0.05, 0) is 28.7 Å². The molecule has 70 valence electrons. The summed E-state index contributed by atoms with van der Waals surface area (Å²) in [7, 11) is 0. The molecule has 0 aromatic rings. The van der Waals surface area contributed by atoms with Gasteiger partial charge in [0.25, 0.3) is 0 Å². The molecule has 0 radical (unpaired) electrons. The predicted molar refractivity (Wildman–Crippen MR) is 52.6 cm³/mol. The van der Waals surface area contributed by atoms with E-state index < -0.39 is 15.5 Å². The van der Waals surface area contributed by atoms with Crippen LogP contribution in [0.15, 0.2) is 21.8 Å². The number of nitrogens with zero attached hydrogens (tertiary/aromatic N) is 2. The van der Waals surface area contributed by atoms with E-state index in [1.165, 1.54) is 12.2 Å². The van der Waals surface area contributed by atoms with Gasteiger partial charge in [0.05, 0.1) is 6.08 Å². The molecule has 1 aliphatic carbocycles. The highest BCUT2D eigenvalue weighted by Gasteiger charge is 2.53. The van der Waals surface area contributed by atoms with E-state index in [4.69, 9.17) is 0 Å². The van der Waals surface area contributed by atoms with Crippen molar-refractivity contribution in [3.63, 3.8) is 0 Å². The van der Waals surface area contributed by atoms with Crippen LogP contribution in [0.1, 0.15) is 6.42 Å². The minimum absolute atomic E-state index is 0.193. The first kappa shape index (κ1) is 10.1. The molecule has 7 heteroatoms. The zero-order chi connectivity index (χ0) is 10.1.